The first kappa shape index (κ1) is 21.6. The summed E-state index contributed by atoms with van der Waals surface area (Å²) >= 11 is 0. The predicted molar refractivity (Wildman–Crippen MR) is 126 cm³/mol. The van der Waals surface area contributed by atoms with E-state index in [2.05, 4.69) is 46.4 Å². The van der Waals surface area contributed by atoms with E-state index in [-0.39, 0.29) is 5.75 Å². The largest absolute Gasteiger partial charge is 0.508 e. The van der Waals surface area contributed by atoms with Crippen molar-refractivity contribution < 1.29 is 9.90 Å². The van der Waals surface area contributed by atoms with Crippen LogP contribution in [0, 0.1) is 6.92 Å². The first-order valence-corrected chi connectivity index (χ1v) is 10.2. The summed E-state index contributed by atoms with van der Waals surface area (Å²) in [5, 5.41) is 28.0. The molecule has 0 aliphatic heterocycles. The number of amides is 2. The molecule has 4 rings (SSSR count). The maximum absolute atomic E-state index is 12.2. The first-order chi connectivity index (χ1) is 16.0. The number of benzene rings is 2. The standard InChI is InChI=1S/C22H23N9O2/c1-3-18-26-20(29-21(27-18)28-19-12-13(2)30-31-19)23-14-4-6-15(7-5-14)24-22(33)25-16-8-10-17(32)11-9-16/h4-12,32H,3H2,1-2H3,(H2,24,25,33)(H3,23,26,27,28,29,30,31). The number of nitrogens with one attached hydrogen (secondary N) is 5. The van der Waals surface area contributed by atoms with Gasteiger partial charge in [0.15, 0.2) is 5.82 Å². The van der Waals surface area contributed by atoms with Crippen LogP contribution in [0.25, 0.3) is 0 Å². The lowest BCUT2D eigenvalue weighted by Gasteiger charge is -2.10. The highest BCUT2D eigenvalue weighted by Crippen LogP contribution is 2.20. The van der Waals surface area contributed by atoms with Gasteiger partial charge in [0.05, 0.1) is 0 Å². The number of urea groups is 1. The highest BCUT2D eigenvalue weighted by atomic mass is 16.3. The quantitative estimate of drug-likeness (QED) is 0.230. The van der Waals surface area contributed by atoms with Crippen molar-refractivity contribution in [2.24, 2.45) is 0 Å². The molecule has 2 amide bonds. The molecule has 11 nitrogen and oxygen atoms in total. The highest BCUT2D eigenvalue weighted by molar-refractivity contribution is 5.99. The van der Waals surface area contributed by atoms with Crippen LogP contribution in [0.1, 0.15) is 18.4 Å². The van der Waals surface area contributed by atoms with Gasteiger partial charge in [-0.3, -0.25) is 5.10 Å². The Morgan fingerprint density at radius 1 is 0.879 bits per heavy atom. The topological polar surface area (TPSA) is 153 Å². The van der Waals surface area contributed by atoms with Gasteiger partial charge in [-0.05, 0) is 55.5 Å². The van der Waals surface area contributed by atoms with Crippen molar-refractivity contribution >= 4 is 40.8 Å². The molecule has 0 aliphatic rings. The summed E-state index contributed by atoms with van der Waals surface area (Å²) in [6, 6.07) is 14.8. The summed E-state index contributed by atoms with van der Waals surface area (Å²) in [6.07, 6.45) is 0.643. The van der Waals surface area contributed by atoms with Crippen LogP contribution in [0.4, 0.5) is 39.6 Å². The molecule has 0 atom stereocenters. The highest BCUT2D eigenvalue weighted by Gasteiger charge is 2.09. The van der Waals surface area contributed by atoms with Gasteiger partial charge in [-0.1, -0.05) is 6.92 Å². The van der Waals surface area contributed by atoms with Crippen LogP contribution in [0.15, 0.2) is 54.6 Å². The molecule has 2 aromatic heterocycles. The molecule has 0 unspecified atom stereocenters. The molecule has 11 heteroatoms. The number of phenols is 1. The number of aryl methyl sites for hydroxylation is 2. The Morgan fingerprint density at radius 3 is 2.03 bits per heavy atom. The Bertz CT molecular complexity index is 1240. The monoisotopic (exact) mass is 445 g/mol. The zero-order chi connectivity index (χ0) is 23.2. The molecular formula is C22H23N9O2. The fraction of sp³-hybridized carbons (Fsp3) is 0.136. The van der Waals surface area contributed by atoms with E-state index in [0.29, 0.717) is 41.3 Å². The molecule has 0 radical (unpaired) electrons. The third-order valence-electron chi connectivity index (χ3n) is 4.47. The van der Waals surface area contributed by atoms with E-state index < -0.39 is 6.03 Å². The summed E-state index contributed by atoms with van der Waals surface area (Å²) in [6.45, 7) is 3.87. The molecular weight excluding hydrogens is 422 g/mol. The van der Waals surface area contributed by atoms with Crippen LogP contribution in [0.3, 0.4) is 0 Å². The molecule has 168 valence electrons. The molecule has 0 bridgehead atoms. The number of phenolic OH excluding ortho intramolecular Hbond substituents is 1. The minimum Gasteiger partial charge on any atom is -0.508 e. The fourth-order valence-electron chi connectivity index (χ4n) is 2.89. The molecule has 0 spiro atoms. The van der Waals surface area contributed by atoms with Crippen LogP contribution in [0.5, 0.6) is 5.75 Å². The molecule has 0 fully saturated rings. The van der Waals surface area contributed by atoms with Gasteiger partial charge in [-0.25, -0.2) is 4.79 Å². The van der Waals surface area contributed by atoms with Crippen LogP contribution in [-0.2, 0) is 6.42 Å². The van der Waals surface area contributed by atoms with Crippen molar-refractivity contribution in [1.29, 1.82) is 0 Å². The first-order valence-electron chi connectivity index (χ1n) is 10.2. The lowest BCUT2D eigenvalue weighted by Crippen LogP contribution is -2.19. The Hall–Kier alpha value is -4.67. The van der Waals surface area contributed by atoms with E-state index in [1.165, 1.54) is 12.1 Å². The third-order valence-corrected chi connectivity index (χ3v) is 4.47. The maximum atomic E-state index is 12.2. The van der Waals surface area contributed by atoms with Crippen molar-refractivity contribution in [2.45, 2.75) is 20.3 Å². The number of hydrogen-bond donors (Lipinski definition) is 6. The van der Waals surface area contributed by atoms with Crippen LogP contribution in [0.2, 0.25) is 0 Å². The molecule has 4 aromatic rings. The normalized spacial score (nSPS) is 10.5. The number of aromatic hydroxyl groups is 1. The average Bonchev–Trinajstić information content (AvgIpc) is 3.21. The Kier molecular flexibility index (Phi) is 6.30. The Balaban J connectivity index is 1.40. The van der Waals surface area contributed by atoms with Crippen LogP contribution >= 0.6 is 0 Å². The van der Waals surface area contributed by atoms with Gasteiger partial charge < -0.3 is 26.4 Å². The van der Waals surface area contributed by atoms with Crippen molar-refractivity contribution in [3.63, 3.8) is 0 Å². The zero-order valence-electron chi connectivity index (χ0n) is 18.0. The molecule has 33 heavy (non-hydrogen) atoms. The Morgan fingerprint density at radius 2 is 1.45 bits per heavy atom. The number of hydrogen-bond acceptors (Lipinski definition) is 8. The summed E-state index contributed by atoms with van der Waals surface area (Å²) < 4.78 is 0. The molecule has 2 aromatic carbocycles. The second kappa shape index (κ2) is 9.64. The fourth-order valence-corrected chi connectivity index (χ4v) is 2.89. The van der Waals surface area contributed by atoms with E-state index in [0.717, 1.165) is 11.4 Å². The van der Waals surface area contributed by atoms with Crippen molar-refractivity contribution in [2.75, 3.05) is 21.3 Å². The maximum Gasteiger partial charge on any atom is 0.323 e. The summed E-state index contributed by atoms with van der Waals surface area (Å²) in [7, 11) is 0. The smallest absolute Gasteiger partial charge is 0.323 e. The molecule has 6 N–H and O–H groups in total. The Labute approximate surface area is 189 Å². The second-order valence-corrected chi connectivity index (χ2v) is 7.14. The second-order valence-electron chi connectivity index (χ2n) is 7.14. The molecule has 0 saturated heterocycles. The molecule has 0 saturated carbocycles. The number of H-pyrrole nitrogens is 1. The van der Waals surface area contributed by atoms with Crippen molar-refractivity contribution in [3.8, 4) is 5.75 Å². The van der Waals surface area contributed by atoms with Crippen molar-refractivity contribution in [1.82, 2.24) is 25.1 Å². The number of aromatic amines is 1. The average molecular weight is 445 g/mol. The van der Waals surface area contributed by atoms with E-state index >= 15 is 0 Å². The van der Waals surface area contributed by atoms with Crippen LogP contribution in [-0.4, -0.2) is 36.3 Å². The third kappa shape index (κ3) is 5.94. The number of nitrogens with zero attached hydrogens (tertiary/aromatic N) is 4. The van der Waals surface area contributed by atoms with Gasteiger partial charge in [0.1, 0.15) is 11.6 Å². The minimum atomic E-state index is -0.393. The SMILES string of the molecule is CCc1nc(Nc2ccc(NC(=O)Nc3ccc(O)cc3)cc2)nc(Nc2cc(C)[nH]n2)n1. The van der Waals surface area contributed by atoms with Gasteiger partial charge in [-0.15, -0.1) is 0 Å². The number of carbonyl (C=O) groups excluding carboxylic acids is 1. The van der Waals surface area contributed by atoms with Gasteiger partial charge in [0.25, 0.3) is 0 Å². The number of rotatable bonds is 7. The van der Waals surface area contributed by atoms with E-state index in [1.54, 1.807) is 36.4 Å². The summed E-state index contributed by atoms with van der Waals surface area (Å²) in [5.74, 6) is 2.16. The van der Waals surface area contributed by atoms with Crippen molar-refractivity contribution in [3.05, 3.63) is 66.1 Å². The molecule has 0 aliphatic carbocycles. The van der Waals surface area contributed by atoms with E-state index in [1.807, 2.05) is 19.9 Å². The number of anilines is 6. The van der Waals surface area contributed by atoms with Gasteiger partial charge in [0.2, 0.25) is 11.9 Å². The number of carbonyl (C=O) groups is 1. The summed E-state index contributed by atoms with van der Waals surface area (Å²) in [5.41, 5.74) is 2.85. The van der Waals surface area contributed by atoms with Gasteiger partial charge in [-0.2, -0.15) is 20.1 Å². The summed E-state index contributed by atoms with van der Waals surface area (Å²) in [4.78, 5) is 25.4. The zero-order valence-corrected chi connectivity index (χ0v) is 18.0. The van der Waals surface area contributed by atoms with Gasteiger partial charge >= 0.3 is 6.03 Å². The minimum absolute atomic E-state index is 0.132. The molecule has 2 heterocycles. The lowest BCUT2D eigenvalue weighted by molar-refractivity contribution is 0.262. The van der Waals surface area contributed by atoms with Gasteiger partial charge in [0, 0.05) is 35.2 Å². The number of aromatic nitrogens is 5. The van der Waals surface area contributed by atoms with Crippen LogP contribution < -0.4 is 21.3 Å². The predicted octanol–water partition coefficient (Wildman–Crippen LogP) is 4.30. The van der Waals surface area contributed by atoms with E-state index in [9.17, 15) is 9.90 Å². The lowest BCUT2D eigenvalue weighted by atomic mass is 10.3. The van der Waals surface area contributed by atoms with E-state index in [4.69, 9.17) is 0 Å².